The van der Waals surface area contributed by atoms with Crippen LogP contribution >= 0.6 is 0 Å². The van der Waals surface area contributed by atoms with Gasteiger partial charge in [0.15, 0.2) is 0 Å². The first kappa shape index (κ1) is 17.5. The van der Waals surface area contributed by atoms with Gasteiger partial charge in [-0.3, -0.25) is 4.79 Å². The molecule has 138 valence electrons. The van der Waals surface area contributed by atoms with Gasteiger partial charge in [0.1, 0.15) is 23.5 Å². The largest absolute Gasteiger partial charge is 0.489 e. The second kappa shape index (κ2) is 7.80. The average Bonchev–Trinajstić information content (AvgIpc) is 2.73. The van der Waals surface area contributed by atoms with Crippen LogP contribution in [0.1, 0.15) is 15.9 Å². The number of carbonyl (C=O) groups is 1. The van der Waals surface area contributed by atoms with E-state index in [0.717, 1.165) is 5.56 Å². The second-order valence-corrected chi connectivity index (χ2v) is 6.24. The van der Waals surface area contributed by atoms with Crippen molar-refractivity contribution in [1.82, 2.24) is 0 Å². The zero-order valence-electron chi connectivity index (χ0n) is 14.9. The van der Waals surface area contributed by atoms with Crippen LogP contribution in [0.5, 0.6) is 5.75 Å². The molecule has 0 aliphatic carbocycles. The van der Waals surface area contributed by atoms with E-state index in [0.29, 0.717) is 29.0 Å². The predicted octanol–water partition coefficient (Wildman–Crippen LogP) is 4.62. The van der Waals surface area contributed by atoms with Crippen LogP contribution in [0, 0.1) is 0 Å². The smallest absolute Gasteiger partial charge is 0.349 e. The normalized spacial score (nSPS) is 10.6. The summed E-state index contributed by atoms with van der Waals surface area (Å²) in [6, 6.07) is 25.4. The summed E-state index contributed by atoms with van der Waals surface area (Å²) in [5, 5.41) is 3.40. The van der Waals surface area contributed by atoms with Crippen molar-refractivity contribution < 1.29 is 13.9 Å². The first-order valence-corrected chi connectivity index (χ1v) is 8.80. The standard InChI is InChI=1S/C23H17NO4/c25-22(20-14-17-8-4-5-9-21(17)28-23(20)26)24-18-10-12-19(13-11-18)27-15-16-6-2-1-3-7-16/h1-14H,15H2,(H,24,25). The minimum atomic E-state index is -0.668. The zero-order chi connectivity index (χ0) is 19.3. The van der Waals surface area contributed by atoms with E-state index < -0.39 is 11.5 Å². The van der Waals surface area contributed by atoms with Crippen LogP contribution < -0.4 is 15.7 Å². The maximum Gasteiger partial charge on any atom is 0.349 e. The number of para-hydroxylation sites is 1. The number of hydrogen-bond acceptors (Lipinski definition) is 4. The number of nitrogens with one attached hydrogen (secondary N) is 1. The minimum Gasteiger partial charge on any atom is -0.489 e. The van der Waals surface area contributed by atoms with E-state index in [9.17, 15) is 9.59 Å². The molecule has 0 fully saturated rings. The molecule has 0 bridgehead atoms. The van der Waals surface area contributed by atoms with Gasteiger partial charge in [0.2, 0.25) is 0 Å². The molecule has 0 saturated carbocycles. The van der Waals surface area contributed by atoms with Crippen LogP contribution in [0.2, 0.25) is 0 Å². The Morgan fingerprint density at radius 3 is 2.39 bits per heavy atom. The van der Waals surface area contributed by atoms with E-state index in [4.69, 9.17) is 9.15 Å². The topological polar surface area (TPSA) is 68.5 Å². The SMILES string of the molecule is O=C(Nc1ccc(OCc2ccccc2)cc1)c1cc2ccccc2oc1=O. The van der Waals surface area contributed by atoms with Gasteiger partial charge in [0.05, 0.1) is 0 Å². The van der Waals surface area contributed by atoms with Crippen molar-refractivity contribution in [2.45, 2.75) is 6.61 Å². The molecule has 4 aromatic rings. The van der Waals surface area contributed by atoms with Crippen LogP contribution in [-0.2, 0) is 6.61 Å². The number of ether oxygens (including phenoxy) is 1. The van der Waals surface area contributed by atoms with Crippen molar-refractivity contribution >= 4 is 22.6 Å². The summed E-state index contributed by atoms with van der Waals surface area (Å²) < 4.78 is 10.9. The van der Waals surface area contributed by atoms with Gasteiger partial charge in [-0.15, -0.1) is 0 Å². The third kappa shape index (κ3) is 3.94. The molecule has 0 aliphatic rings. The number of amides is 1. The molecule has 1 heterocycles. The fourth-order valence-corrected chi connectivity index (χ4v) is 2.79. The molecular formula is C23H17NO4. The van der Waals surface area contributed by atoms with Gasteiger partial charge in [-0.05, 0) is 42.0 Å². The van der Waals surface area contributed by atoms with Crippen molar-refractivity contribution in [3.05, 3.63) is 106 Å². The summed E-state index contributed by atoms with van der Waals surface area (Å²) in [5.74, 6) is 0.171. The highest BCUT2D eigenvalue weighted by molar-refractivity contribution is 6.05. The Bertz CT molecular complexity index is 1160. The number of anilines is 1. The molecule has 0 saturated heterocycles. The van der Waals surface area contributed by atoms with Gasteiger partial charge in [-0.25, -0.2) is 4.79 Å². The summed E-state index contributed by atoms with van der Waals surface area (Å²) in [5.41, 5.74) is 1.37. The number of rotatable bonds is 5. The Kier molecular flexibility index (Phi) is 4.89. The van der Waals surface area contributed by atoms with E-state index in [2.05, 4.69) is 5.32 Å². The third-order valence-corrected chi connectivity index (χ3v) is 4.25. The Morgan fingerprint density at radius 1 is 0.893 bits per heavy atom. The van der Waals surface area contributed by atoms with E-state index in [1.807, 2.05) is 36.4 Å². The fraction of sp³-hybridized carbons (Fsp3) is 0.0435. The molecule has 5 nitrogen and oxygen atoms in total. The molecule has 1 aromatic heterocycles. The summed E-state index contributed by atoms with van der Waals surface area (Å²) >= 11 is 0. The summed E-state index contributed by atoms with van der Waals surface area (Å²) in [7, 11) is 0. The molecule has 1 amide bonds. The van der Waals surface area contributed by atoms with Gasteiger partial charge in [0, 0.05) is 11.1 Å². The molecule has 1 N–H and O–H groups in total. The van der Waals surface area contributed by atoms with Crippen LogP contribution in [-0.4, -0.2) is 5.91 Å². The van der Waals surface area contributed by atoms with E-state index in [-0.39, 0.29) is 5.56 Å². The van der Waals surface area contributed by atoms with Gasteiger partial charge < -0.3 is 14.5 Å². The van der Waals surface area contributed by atoms with Crippen molar-refractivity contribution in [2.75, 3.05) is 5.32 Å². The highest BCUT2D eigenvalue weighted by atomic mass is 16.5. The highest BCUT2D eigenvalue weighted by Crippen LogP contribution is 2.18. The van der Waals surface area contributed by atoms with Crippen LogP contribution in [0.3, 0.4) is 0 Å². The Hall–Kier alpha value is -3.86. The number of hydrogen-bond donors (Lipinski definition) is 1. The molecule has 28 heavy (non-hydrogen) atoms. The van der Waals surface area contributed by atoms with Crippen molar-refractivity contribution in [1.29, 1.82) is 0 Å². The fourth-order valence-electron chi connectivity index (χ4n) is 2.79. The van der Waals surface area contributed by atoms with E-state index >= 15 is 0 Å². The Balaban J connectivity index is 1.45. The molecule has 0 spiro atoms. The Labute approximate surface area is 161 Å². The van der Waals surface area contributed by atoms with E-state index in [1.165, 1.54) is 6.07 Å². The maximum atomic E-state index is 12.5. The molecule has 0 unspecified atom stereocenters. The molecule has 0 radical (unpaired) electrons. The molecule has 0 atom stereocenters. The van der Waals surface area contributed by atoms with Gasteiger partial charge in [-0.1, -0.05) is 48.5 Å². The molecule has 4 rings (SSSR count). The van der Waals surface area contributed by atoms with Crippen LogP contribution in [0.25, 0.3) is 11.0 Å². The molecule has 3 aromatic carbocycles. The second-order valence-electron chi connectivity index (χ2n) is 6.24. The lowest BCUT2D eigenvalue weighted by molar-refractivity contribution is 0.102. The van der Waals surface area contributed by atoms with Gasteiger partial charge >= 0.3 is 5.63 Å². The van der Waals surface area contributed by atoms with Crippen LogP contribution in [0.4, 0.5) is 5.69 Å². The van der Waals surface area contributed by atoms with Crippen molar-refractivity contribution in [3.63, 3.8) is 0 Å². The third-order valence-electron chi connectivity index (χ3n) is 4.25. The highest BCUT2D eigenvalue weighted by Gasteiger charge is 2.14. The summed E-state index contributed by atoms with van der Waals surface area (Å²) in [4.78, 5) is 24.6. The quantitative estimate of drug-likeness (QED) is 0.520. The number of benzene rings is 3. The Morgan fingerprint density at radius 2 is 1.61 bits per heavy atom. The van der Waals surface area contributed by atoms with Gasteiger partial charge in [-0.2, -0.15) is 0 Å². The first-order chi connectivity index (χ1) is 13.7. The number of carbonyl (C=O) groups excluding carboxylic acids is 1. The first-order valence-electron chi connectivity index (χ1n) is 8.80. The molecule has 5 heteroatoms. The average molecular weight is 371 g/mol. The maximum absolute atomic E-state index is 12.5. The van der Waals surface area contributed by atoms with E-state index in [1.54, 1.807) is 42.5 Å². The van der Waals surface area contributed by atoms with Crippen molar-refractivity contribution in [3.8, 4) is 5.75 Å². The predicted molar refractivity (Wildman–Crippen MR) is 108 cm³/mol. The lowest BCUT2D eigenvalue weighted by atomic mass is 10.1. The summed E-state index contributed by atoms with van der Waals surface area (Å²) in [6.07, 6.45) is 0. The van der Waals surface area contributed by atoms with Crippen LogP contribution in [0.15, 0.2) is 94.1 Å². The van der Waals surface area contributed by atoms with Gasteiger partial charge in [0.25, 0.3) is 5.91 Å². The summed E-state index contributed by atoms with van der Waals surface area (Å²) in [6.45, 7) is 0.463. The lowest BCUT2D eigenvalue weighted by Gasteiger charge is -2.08. The lowest BCUT2D eigenvalue weighted by Crippen LogP contribution is -2.20. The van der Waals surface area contributed by atoms with Crippen molar-refractivity contribution in [2.24, 2.45) is 0 Å². The molecule has 0 aliphatic heterocycles. The minimum absolute atomic E-state index is 0.0388. The monoisotopic (exact) mass is 371 g/mol. The number of fused-ring (bicyclic) bond motifs is 1. The molecular weight excluding hydrogens is 354 g/mol. The zero-order valence-corrected chi connectivity index (χ0v) is 14.9.